The van der Waals surface area contributed by atoms with E-state index in [1.165, 1.54) is 47.4 Å². The van der Waals surface area contributed by atoms with E-state index in [4.69, 9.17) is 0 Å². The van der Waals surface area contributed by atoms with Crippen molar-refractivity contribution in [2.24, 2.45) is 0 Å². The van der Waals surface area contributed by atoms with Gasteiger partial charge in [-0.3, -0.25) is 4.79 Å². The van der Waals surface area contributed by atoms with E-state index in [2.05, 4.69) is 4.72 Å². The van der Waals surface area contributed by atoms with E-state index in [0.29, 0.717) is 5.56 Å². The summed E-state index contributed by atoms with van der Waals surface area (Å²) in [6.45, 7) is -0.160. The Hall–Kier alpha value is -3.03. The van der Waals surface area contributed by atoms with Crippen molar-refractivity contribution >= 4 is 21.6 Å². The van der Waals surface area contributed by atoms with Gasteiger partial charge in [0.1, 0.15) is 5.82 Å². The average molecular weight is 398 g/mol. The number of hydrogen-bond acceptors (Lipinski definition) is 3. The Morgan fingerprint density at radius 1 is 0.929 bits per heavy atom. The van der Waals surface area contributed by atoms with E-state index in [0.717, 1.165) is 5.69 Å². The normalized spacial score (nSPS) is 11.2. The maximum atomic E-state index is 13.6. The number of para-hydroxylation sites is 1. The molecule has 144 valence electrons. The largest absolute Gasteiger partial charge is 0.311 e. The van der Waals surface area contributed by atoms with Gasteiger partial charge in [-0.2, -0.15) is 0 Å². The summed E-state index contributed by atoms with van der Waals surface area (Å²) in [6.07, 6.45) is 0. The first-order valence-corrected chi connectivity index (χ1v) is 10.0. The number of benzene rings is 3. The van der Waals surface area contributed by atoms with Gasteiger partial charge in [-0.25, -0.2) is 17.5 Å². The molecule has 0 aliphatic rings. The van der Waals surface area contributed by atoms with Crippen LogP contribution in [0.4, 0.5) is 10.1 Å². The highest BCUT2D eigenvalue weighted by Crippen LogP contribution is 2.17. The number of sulfonamides is 1. The molecule has 3 aromatic carbocycles. The minimum absolute atomic E-state index is 0.00255. The fourth-order valence-electron chi connectivity index (χ4n) is 2.64. The van der Waals surface area contributed by atoms with E-state index in [-0.39, 0.29) is 22.9 Å². The van der Waals surface area contributed by atoms with Gasteiger partial charge in [0, 0.05) is 30.4 Å². The molecule has 0 saturated heterocycles. The molecule has 0 aliphatic heterocycles. The van der Waals surface area contributed by atoms with Crippen LogP contribution in [0, 0.1) is 5.82 Å². The molecule has 0 saturated carbocycles. The predicted octanol–water partition coefficient (Wildman–Crippen LogP) is 3.58. The van der Waals surface area contributed by atoms with Crippen molar-refractivity contribution in [3.8, 4) is 0 Å². The molecule has 0 heterocycles. The van der Waals surface area contributed by atoms with Crippen LogP contribution in [-0.4, -0.2) is 21.4 Å². The van der Waals surface area contributed by atoms with E-state index < -0.39 is 15.8 Å². The second-order valence-corrected chi connectivity index (χ2v) is 7.91. The fraction of sp³-hybridized carbons (Fsp3) is 0.0952. The summed E-state index contributed by atoms with van der Waals surface area (Å²) in [4.78, 5) is 14.1. The van der Waals surface area contributed by atoms with Crippen molar-refractivity contribution in [2.45, 2.75) is 11.4 Å². The van der Waals surface area contributed by atoms with Crippen LogP contribution in [0.5, 0.6) is 0 Å². The summed E-state index contributed by atoms with van der Waals surface area (Å²) < 4.78 is 40.9. The van der Waals surface area contributed by atoms with Crippen LogP contribution in [0.2, 0.25) is 0 Å². The fourth-order valence-corrected chi connectivity index (χ4v) is 3.64. The number of carbonyl (C=O) groups is 1. The Kier molecular flexibility index (Phi) is 5.87. The molecule has 0 atom stereocenters. The number of halogens is 1. The topological polar surface area (TPSA) is 66.5 Å². The third-order valence-corrected chi connectivity index (χ3v) is 5.69. The zero-order chi connectivity index (χ0) is 20.1. The van der Waals surface area contributed by atoms with Crippen molar-refractivity contribution in [3.63, 3.8) is 0 Å². The van der Waals surface area contributed by atoms with Gasteiger partial charge in [0.2, 0.25) is 10.0 Å². The Bertz CT molecular complexity index is 1070. The molecule has 3 aromatic rings. The number of hydrogen-bond donors (Lipinski definition) is 1. The Labute approximate surface area is 163 Å². The molecule has 0 spiro atoms. The molecule has 1 amide bonds. The number of amides is 1. The first-order chi connectivity index (χ1) is 13.4. The smallest absolute Gasteiger partial charge is 0.258 e. The summed E-state index contributed by atoms with van der Waals surface area (Å²) in [5.41, 5.74) is 1.34. The van der Waals surface area contributed by atoms with Crippen molar-refractivity contribution in [2.75, 3.05) is 11.9 Å². The quantitative estimate of drug-likeness (QED) is 0.690. The van der Waals surface area contributed by atoms with Crippen LogP contribution >= 0.6 is 0 Å². The van der Waals surface area contributed by atoms with Gasteiger partial charge in [-0.15, -0.1) is 0 Å². The van der Waals surface area contributed by atoms with Crippen molar-refractivity contribution in [1.82, 2.24) is 4.72 Å². The van der Waals surface area contributed by atoms with Gasteiger partial charge in [-0.1, -0.05) is 36.4 Å². The minimum atomic E-state index is -3.83. The minimum Gasteiger partial charge on any atom is -0.311 e. The van der Waals surface area contributed by atoms with Gasteiger partial charge >= 0.3 is 0 Å². The third kappa shape index (κ3) is 4.44. The van der Waals surface area contributed by atoms with Crippen LogP contribution in [0.1, 0.15) is 15.9 Å². The Balaban J connectivity index is 1.72. The maximum absolute atomic E-state index is 13.6. The third-order valence-electron chi connectivity index (χ3n) is 4.27. The molecule has 28 heavy (non-hydrogen) atoms. The van der Waals surface area contributed by atoms with Gasteiger partial charge < -0.3 is 4.90 Å². The summed E-state index contributed by atoms with van der Waals surface area (Å²) in [7, 11) is -2.18. The first kappa shape index (κ1) is 19.7. The molecule has 7 heteroatoms. The molecule has 0 radical (unpaired) electrons. The molecule has 0 unspecified atom stereocenters. The second-order valence-electron chi connectivity index (χ2n) is 6.14. The lowest BCUT2D eigenvalue weighted by molar-refractivity contribution is 0.0993. The molecule has 3 rings (SSSR count). The lowest BCUT2D eigenvalue weighted by Crippen LogP contribution is -2.26. The van der Waals surface area contributed by atoms with E-state index in [1.54, 1.807) is 13.1 Å². The van der Waals surface area contributed by atoms with Gasteiger partial charge in [0.25, 0.3) is 5.91 Å². The van der Waals surface area contributed by atoms with Crippen LogP contribution in [0.25, 0.3) is 0 Å². The van der Waals surface area contributed by atoms with Crippen LogP contribution < -0.4 is 9.62 Å². The van der Waals surface area contributed by atoms with Gasteiger partial charge in [0.15, 0.2) is 0 Å². The standard InChI is InChI=1S/C21H19FN2O3S/c1-24(18-8-3-2-4-9-18)21(25)16-11-13-19(14-12-16)28(26,27)23-15-17-7-5-6-10-20(17)22/h2-14,23H,15H2,1H3. The highest BCUT2D eigenvalue weighted by molar-refractivity contribution is 7.89. The van der Waals surface area contributed by atoms with Gasteiger partial charge in [0.05, 0.1) is 4.90 Å². The number of nitrogens with one attached hydrogen (secondary N) is 1. The number of nitrogens with zero attached hydrogens (tertiary/aromatic N) is 1. The SMILES string of the molecule is CN(C(=O)c1ccc(S(=O)(=O)NCc2ccccc2F)cc1)c1ccccc1. The Morgan fingerprint density at radius 3 is 2.18 bits per heavy atom. The summed E-state index contributed by atoms with van der Waals surface area (Å²) in [5, 5.41) is 0. The molecule has 5 nitrogen and oxygen atoms in total. The predicted molar refractivity (Wildman–Crippen MR) is 106 cm³/mol. The number of rotatable bonds is 6. The van der Waals surface area contributed by atoms with Gasteiger partial charge in [-0.05, 0) is 42.5 Å². The van der Waals surface area contributed by atoms with E-state index in [1.807, 2.05) is 30.3 Å². The summed E-state index contributed by atoms with van der Waals surface area (Å²) in [5.74, 6) is -0.732. The van der Waals surface area contributed by atoms with E-state index >= 15 is 0 Å². The molecule has 0 bridgehead atoms. The molecule has 0 aliphatic carbocycles. The summed E-state index contributed by atoms with van der Waals surface area (Å²) >= 11 is 0. The average Bonchev–Trinajstić information content (AvgIpc) is 2.73. The highest BCUT2D eigenvalue weighted by atomic mass is 32.2. The molecule has 1 N–H and O–H groups in total. The second kappa shape index (κ2) is 8.33. The summed E-state index contributed by atoms with van der Waals surface area (Å²) in [6, 6.07) is 20.7. The molecule has 0 aromatic heterocycles. The number of anilines is 1. The molecule has 0 fully saturated rings. The number of carbonyl (C=O) groups excluding carboxylic acids is 1. The molecular weight excluding hydrogens is 379 g/mol. The molecular formula is C21H19FN2O3S. The zero-order valence-electron chi connectivity index (χ0n) is 15.2. The van der Waals surface area contributed by atoms with Crippen molar-refractivity contribution < 1.29 is 17.6 Å². The zero-order valence-corrected chi connectivity index (χ0v) is 16.0. The van der Waals surface area contributed by atoms with Crippen LogP contribution in [0.15, 0.2) is 83.8 Å². The van der Waals surface area contributed by atoms with E-state index in [9.17, 15) is 17.6 Å². The Morgan fingerprint density at radius 2 is 1.54 bits per heavy atom. The van der Waals surface area contributed by atoms with Crippen LogP contribution in [0.3, 0.4) is 0 Å². The monoisotopic (exact) mass is 398 g/mol. The lowest BCUT2D eigenvalue weighted by atomic mass is 10.2. The maximum Gasteiger partial charge on any atom is 0.258 e. The lowest BCUT2D eigenvalue weighted by Gasteiger charge is -2.17. The highest BCUT2D eigenvalue weighted by Gasteiger charge is 2.17. The van der Waals surface area contributed by atoms with Crippen molar-refractivity contribution in [3.05, 3.63) is 95.8 Å². The van der Waals surface area contributed by atoms with Crippen LogP contribution in [-0.2, 0) is 16.6 Å². The van der Waals surface area contributed by atoms with Crippen molar-refractivity contribution in [1.29, 1.82) is 0 Å². The first-order valence-electron chi connectivity index (χ1n) is 8.55.